The SMILES string of the molecule is Cc1ccc(S(=O)(=O)N(Cc2ccc(OS(=O)(=O)c3cccc(C(F)(F)F)c3)cc2)C(C)C)cc1. The van der Waals surface area contributed by atoms with Gasteiger partial charge in [0.1, 0.15) is 10.6 Å². The number of aryl methyl sites for hydroxylation is 1. The molecular formula is C24H24F3NO5S2. The van der Waals surface area contributed by atoms with Gasteiger partial charge in [-0.25, -0.2) is 8.42 Å². The van der Waals surface area contributed by atoms with Crippen molar-refractivity contribution in [2.24, 2.45) is 0 Å². The van der Waals surface area contributed by atoms with Gasteiger partial charge in [0, 0.05) is 12.6 Å². The highest BCUT2D eigenvalue weighted by Gasteiger charge is 2.32. The Kier molecular flexibility index (Phi) is 7.63. The van der Waals surface area contributed by atoms with Crippen LogP contribution in [0.3, 0.4) is 0 Å². The van der Waals surface area contributed by atoms with E-state index in [0.717, 1.165) is 23.8 Å². The molecule has 11 heteroatoms. The fraction of sp³-hybridized carbons (Fsp3) is 0.250. The average molecular weight is 528 g/mol. The van der Waals surface area contributed by atoms with Crippen molar-refractivity contribution in [1.82, 2.24) is 4.31 Å². The molecule has 3 aromatic carbocycles. The molecule has 0 aliphatic heterocycles. The van der Waals surface area contributed by atoms with E-state index in [1.807, 2.05) is 6.92 Å². The van der Waals surface area contributed by atoms with Crippen LogP contribution in [0.15, 0.2) is 82.6 Å². The van der Waals surface area contributed by atoms with Crippen LogP contribution in [0.25, 0.3) is 0 Å². The zero-order valence-electron chi connectivity index (χ0n) is 19.2. The van der Waals surface area contributed by atoms with Crippen molar-refractivity contribution < 1.29 is 34.2 Å². The third kappa shape index (κ3) is 6.41. The lowest BCUT2D eigenvalue weighted by molar-refractivity contribution is -0.137. The Balaban J connectivity index is 1.80. The zero-order chi connectivity index (χ0) is 26.0. The summed E-state index contributed by atoms with van der Waals surface area (Å²) in [6.45, 7) is 5.36. The maximum absolute atomic E-state index is 13.1. The minimum Gasteiger partial charge on any atom is -0.379 e. The topological polar surface area (TPSA) is 80.8 Å². The summed E-state index contributed by atoms with van der Waals surface area (Å²) >= 11 is 0. The smallest absolute Gasteiger partial charge is 0.379 e. The number of sulfonamides is 1. The predicted molar refractivity (Wildman–Crippen MR) is 125 cm³/mol. The van der Waals surface area contributed by atoms with Crippen LogP contribution in [-0.4, -0.2) is 27.2 Å². The lowest BCUT2D eigenvalue weighted by atomic mass is 10.2. The number of benzene rings is 3. The highest BCUT2D eigenvalue weighted by atomic mass is 32.2. The molecule has 0 amide bonds. The molecule has 0 saturated heterocycles. The van der Waals surface area contributed by atoms with Crippen LogP contribution in [0.4, 0.5) is 13.2 Å². The van der Waals surface area contributed by atoms with E-state index in [1.165, 1.54) is 40.7 Å². The molecule has 0 aliphatic carbocycles. The van der Waals surface area contributed by atoms with Crippen molar-refractivity contribution in [3.63, 3.8) is 0 Å². The van der Waals surface area contributed by atoms with Gasteiger partial charge in [-0.1, -0.05) is 35.9 Å². The lowest BCUT2D eigenvalue weighted by Gasteiger charge is -2.26. The Morgan fingerprint density at radius 2 is 1.46 bits per heavy atom. The van der Waals surface area contributed by atoms with Gasteiger partial charge < -0.3 is 4.18 Å². The molecule has 0 bridgehead atoms. The average Bonchev–Trinajstić information content (AvgIpc) is 2.78. The van der Waals surface area contributed by atoms with Crippen LogP contribution in [0.2, 0.25) is 0 Å². The number of rotatable bonds is 8. The first-order chi connectivity index (χ1) is 16.2. The van der Waals surface area contributed by atoms with E-state index in [2.05, 4.69) is 0 Å². The van der Waals surface area contributed by atoms with Crippen molar-refractivity contribution in [3.05, 3.63) is 89.5 Å². The maximum atomic E-state index is 13.1. The number of hydrogen-bond donors (Lipinski definition) is 0. The van der Waals surface area contributed by atoms with E-state index in [4.69, 9.17) is 4.18 Å². The third-order valence-corrected chi connectivity index (χ3v) is 8.40. The molecule has 0 aliphatic rings. The summed E-state index contributed by atoms with van der Waals surface area (Å²) in [4.78, 5) is -0.476. The molecule has 0 saturated carbocycles. The van der Waals surface area contributed by atoms with Gasteiger partial charge in [0.15, 0.2) is 0 Å². The highest BCUT2D eigenvalue weighted by Crippen LogP contribution is 2.31. The lowest BCUT2D eigenvalue weighted by Crippen LogP contribution is -2.36. The van der Waals surface area contributed by atoms with Gasteiger partial charge in [-0.2, -0.15) is 25.9 Å². The van der Waals surface area contributed by atoms with Crippen LogP contribution in [-0.2, 0) is 32.9 Å². The van der Waals surface area contributed by atoms with Crippen LogP contribution < -0.4 is 4.18 Å². The van der Waals surface area contributed by atoms with Gasteiger partial charge in [-0.3, -0.25) is 0 Å². The van der Waals surface area contributed by atoms with E-state index in [9.17, 15) is 30.0 Å². The maximum Gasteiger partial charge on any atom is 0.416 e. The quantitative estimate of drug-likeness (QED) is 0.368. The van der Waals surface area contributed by atoms with Gasteiger partial charge in [-0.15, -0.1) is 0 Å². The van der Waals surface area contributed by atoms with E-state index >= 15 is 0 Å². The highest BCUT2D eigenvalue weighted by molar-refractivity contribution is 7.89. The monoisotopic (exact) mass is 527 g/mol. The first kappa shape index (κ1) is 26.7. The fourth-order valence-electron chi connectivity index (χ4n) is 3.22. The molecular weight excluding hydrogens is 503 g/mol. The minimum atomic E-state index is -4.70. The Hall–Kier alpha value is -2.89. The molecule has 0 aromatic heterocycles. The van der Waals surface area contributed by atoms with Crippen LogP contribution in [0, 0.1) is 6.92 Å². The molecule has 0 fully saturated rings. The molecule has 0 atom stereocenters. The Morgan fingerprint density at radius 3 is 2.00 bits per heavy atom. The van der Waals surface area contributed by atoms with Crippen molar-refractivity contribution in [2.75, 3.05) is 0 Å². The second-order valence-electron chi connectivity index (χ2n) is 8.16. The van der Waals surface area contributed by atoms with Gasteiger partial charge in [0.2, 0.25) is 10.0 Å². The standard InChI is InChI=1S/C24H24F3NO5S2/c1-17(2)28(34(29,30)22-13-7-18(3)8-14-22)16-19-9-11-21(12-10-19)33-35(31,32)23-6-4-5-20(15-23)24(25,26)27/h4-15,17H,16H2,1-3H3. The molecule has 3 rings (SSSR count). The summed E-state index contributed by atoms with van der Waals surface area (Å²) in [6.07, 6.45) is -4.70. The van der Waals surface area contributed by atoms with Crippen molar-refractivity contribution in [1.29, 1.82) is 0 Å². The van der Waals surface area contributed by atoms with E-state index < -0.39 is 36.8 Å². The number of nitrogens with zero attached hydrogens (tertiary/aromatic N) is 1. The van der Waals surface area contributed by atoms with E-state index in [-0.39, 0.29) is 23.2 Å². The van der Waals surface area contributed by atoms with Crippen LogP contribution in [0.5, 0.6) is 5.75 Å². The van der Waals surface area contributed by atoms with Gasteiger partial charge in [0.25, 0.3) is 0 Å². The number of alkyl halides is 3. The summed E-state index contributed by atoms with van der Waals surface area (Å²) < 4.78 is 96.3. The van der Waals surface area contributed by atoms with Crippen molar-refractivity contribution in [3.8, 4) is 5.75 Å². The van der Waals surface area contributed by atoms with E-state index in [0.29, 0.717) is 11.6 Å². The van der Waals surface area contributed by atoms with Crippen molar-refractivity contribution >= 4 is 20.1 Å². The fourth-order valence-corrected chi connectivity index (χ4v) is 5.83. The predicted octanol–water partition coefficient (Wildman–Crippen LogP) is 5.38. The Morgan fingerprint density at radius 1 is 0.857 bits per heavy atom. The summed E-state index contributed by atoms with van der Waals surface area (Å²) in [6, 6.07) is 15.0. The molecule has 6 nitrogen and oxygen atoms in total. The largest absolute Gasteiger partial charge is 0.416 e. The molecule has 188 valence electrons. The van der Waals surface area contributed by atoms with Gasteiger partial charge in [-0.05, 0) is 68.8 Å². The van der Waals surface area contributed by atoms with Gasteiger partial charge in [0.05, 0.1) is 10.5 Å². The molecule has 0 unspecified atom stereocenters. The van der Waals surface area contributed by atoms with Crippen LogP contribution in [0.1, 0.15) is 30.5 Å². The molecule has 3 aromatic rings. The zero-order valence-corrected chi connectivity index (χ0v) is 20.8. The summed E-state index contributed by atoms with van der Waals surface area (Å²) in [5.41, 5.74) is 0.384. The third-order valence-electron chi connectivity index (χ3n) is 5.12. The second kappa shape index (κ2) is 10.00. The first-order valence-corrected chi connectivity index (χ1v) is 13.3. The Bertz CT molecular complexity index is 1380. The van der Waals surface area contributed by atoms with Crippen molar-refractivity contribution in [2.45, 2.75) is 49.3 Å². The molecule has 35 heavy (non-hydrogen) atoms. The first-order valence-electron chi connectivity index (χ1n) is 10.5. The second-order valence-corrected chi connectivity index (χ2v) is 11.6. The number of halogens is 3. The summed E-state index contributed by atoms with van der Waals surface area (Å²) in [5, 5.41) is 0. The molecule has 0 heterocycles. The van der Waals surface area contributed by atoms with E-state index in [1.54, 1.807) is 26.0 Å². The van der Waals surface area contributed by atoms with Crippen LogP contribution >= 0.6 is 0 Å². The molecule has 0 spiro atoms. The number of hydrogen-bond acceptors (Lipinski definition) is 5. The van der Waals surface area contributed by atoms with Gasteiger partial charge >= 0.3 is 16.3 Å². The Labute approximate surface area is 203 Å². The summed E-state index contributed by atoms with van der Waals surface area (Å²) in [7, 11) is -8.31. The minimum absolute atomic E-state index is 0.0224. The molecule has 0 N–H and O–H groups in total. The summed E-state index contributed by atoms with van der Waals surface area (Å²) in [5.74, 6) is -0.122. The molecule has 0 radical (unpaired) electrons. The normalized spacial score (nSPS) is 12.8.